The summed E-state index contributed by atoms with van der Waals surface area (Å²) >= 11 is 0. The van der Waals surface area contributed by atoms with Crippen LogP contribution in [-0.2, 0) is 12.8 Å². The SMILES string of the molecule is CCc1ccc(C(CO)NC(=O)NC(C)Cc2cc(C)[nH]n2)cc1. The summed E-state index contributed by atoms with van der Waals surface area (Å²) in [6.45, 7) is 5.81. The van der Waals surface area contributed by atoms with Crippen LogP contribution in [0.5, 0.6) is 0 Å². The Morgan fingerprint density at radius 2 is 2.00 bits per heavy atom. The van der Waals surface area contributed by atoms with Crippen molar-refractivity contribution >= 4 is 6.03 Å². The lowest BCUT2D eigenvalue weighted by Gasteiger charge is -2.20. The van der Waals surface area contributed by atoms with Gasteiger partial charge in [-0.05, 0) is 37.5 Å². The highest BCUT2D eigenvalue weighted by Crippen LogP contribution is 2.14. The van der Waals surface area contributed by atoms with Gasteiger partial charge in [0.1, 0.15) is 0 Å². The Hall–Kier alpha value is -2.34. The first-order valence-electron chi connectivity index (χ1n) is 8.29. The van der Waals surface area contributed by atoms with E-state index in [9.17, 15) is 9.90 Å². The maximum Gasteiger partial charge on any atom is 0.315 e. The van der Waals surface area contributed by atoms with E-state index in [0.717, 1.165) is 23.4 Å². The maximum absolute atomic E-state index is 12.2. The Kier molecular flexibility index (Phi) is 6.37. The van der Waals surface area contributed by atoms with Gasteiger partial charge in [0.15, 0.2) is 0 Å². The van der Waals surface area contributed by atoms with Crippen molar-refractivity contribution in [2.24, 2.45) is 0 Å². The van der Waals surface area contributed by atoms with E-state index in [-0.39, 0.29) is 18.7 Å². The van der Waals surface area contributed by atoms with E-state index >= 15 is 0 Å². The molecule has 2 aromatic rings. The van der Waals surface area contributed by atoms with Crippen molar-refractivity contribution in [3.8, 4) is 0 Å². The number of nitrogens with one attached hydrogen (secondary N) is 3. The molecule has 6 nitrogen and oxygen atoms in total. The van der Waals surface area contributed by atoms with Crippen molar-refractivity contribution in [3.05, 3.63) is 52.8 Å². The van der Waals surface area contributed by atoms with E-state index in [2.05, 4.69) is 27.8 Å². The largest absolute Gasteiger partial charge is 0.394 e. The topological polar surface area (TPSA) is 90.0 Å². The predicted molar refractivity (Wildman–Crippen MR) is 93.8 cm³/mol. The molecule has 1 aromatic heterocycles. The number of benzene rings is 1. The minimum absolute atomic E-state index is 0.0606. The number of aryl methyl sites for hydroxylation is 2. The van der Waals surface area contributed by atoms with Crippen molar-refractivity contribution in [3.63, 3.8) is 0 Å². The number of nitrogens with zero attached hydrogens (tertiary/aromatic N) is 1. The number of H-pyrrole nitrogens is 1. The molecule has 24 heavy (non-hydrogen) atoms. The summed E-state index contributed by atoms with van der Waals surface area (Å²) in [5.41, 5.74) is 4.02. The molecule has 1 heterocycles. The normalized spacial score (nSPS) is 13.3. The molecule has 4 N–H and O–H groups in total. The molecule has 0 radical (unpaired) electrons. The molecule has 6 heteroatoms. The van der Waals surface area contributed by atoms with Gasteiger partial charge in [0.25, 0.3) is 0 Å². The smallest absolute Gasteiger partial charge is 0.315 e. The van der Waals surface area contributed by atoms with Crippen molar-refractivity contribution < 1.29 is 9.90 Å². The first kappa shape index (κ1) is 18.0. The molecule has 0 spiro atoms. The Morgan fingerprint density at radius 3 is 2.54 bits per heavy atom. The quantitative estimate of drug-likeness (QED) is 0.627. The summed E-state index contributed by atoms with van der Waals surface area (Å²) in [4.78, 5) is 12.2. The van der Waals surface area contributed by atoms with Gasteiger partial charge < -0.3 is 15.7 Å². The summed E-state index contributed by atoms with van der Waals surface area (Å²) in [5, 5.41) is 22.3. The van der Waals surface area contributed by atoms with Gasteiger partial charge >= 0.3 is 6.03 Å². The number of hydrogen-bond acceptors (Lipinski definition) is 3. The first-order chi connectivity index (χ1) is 11.5. The number of hydrogen-bond donors (Lipinski definition) is 4. The number of carbonyl (C=O) groups is 1. The van der Waals surface area contributed by atoms with Crippen LogP contribution in [0.1, 0.15) is 42.4 Å². The summed E-state index contributed by atoms with van der Waals surface area (Å²) in [7, 11) is 0. The summed E-state index contributed by atoms with van der Waals surface area (Å²) < 4.78 is 0. The highest BCUT2D eigenvalue weighted by molar-refractivity contribution is 5.74. The average Bonchev–Trinajstić information content (AvgIpc) is 2.97. The van der Waals surface area contributed by atoms with Crippen LogP contribution in [0.25, 0.3) is 0 Å². The van der Waals surface area contributed by atoms with Gasteiger partial charge in [-0.15, -0.1) is 0 Å². The predicted octanol–water partition coefficient (Wildman–Crippen LogP) is 2.24. The number of aliphatic hydroxyl groups is 1. The monoisotopic (exact) mass is 330 g/mol. The van der Waals surface area contributed by atoms with Crippen LogP contribution in [0.3, 0.4) is 0 Å². The van der Waals surface area contributed by atoms with Crippen LogP contribution >= 0.6 is 0 Å². The van der Waals surface area contributed by atoms with Crippen molar-refractivity contribution in [2.45, 2.75) is 45.7 Å². The van der Waals surface area contributed by atoms with Crippen LogP contribution in [0.4, 0.5) is 4.79 Å². The van der Waals surface area contributed by atoms with Crippen LogP contribution < -0.4 is 10.6 Å². The van der Waals surface area contributed by atoms with Crippen molar-refractivity contribution in [2.75, 3.05) is 6.61 Å². The number of aromatic nitrogens is 2. The molecule has 2 amide bonds. The highest BCUT2D eigenvalue weighted by atomic mass is 16.3. The number of urea groups is 1. The Bertz CT molecular complexity index is 651. The lowest BCUT2D eigenvalue weighted by atomic mass is 10.0. The van der Waals surface area contributed by atoms with Gasteiger partial charge in [-0.1, -0.05) is 31.2 Å². The molecule has 0 saturated carbocycles. The minimum atomic E-state index is -0.421. The van der Waals surface area contributed by atoms with Crippen molar-refractivity contribution in [1.29, 1.82) is 0 Å². The van der Waals surface area contributed by atoms with Crippen LogP contribution in [0, 0.1) is 6.92 Å². The maximum atomic E-state index is 12.2. The third kappa shape index (κ3) is 5.09. The summed E-state index contributed by atoms with van der Waals surface area (Å²) in [6.07, 6.45) is 1.61. The van der Waals surface area contributed by atoms with E-state index in [1.54, 1.807) is 0 Å². The fourth-order valence-electron chi connectivity index (χ4n) is 2.59. The Labute approximate surface area is 142 Å². The molecule has 2 rings (SSSR count). The van der Waals surface area contributed by atoms with Crippen LogP contribution in [0.15, 0.2) is 30.3 Å². The third-order valence-electron chi connectivity index (χ3n) is 3.93. The van der Waals surface area contributed by atoms with E-state index in [1.807, 2.05) is 44.2 Å². The molecule has 130 valence electrons. The van der Waals surface area contributed by atoms with E-state index in [4.69, 9.17) is 0 Å². The number of rotatable bonds is 7. The van der Waals surface area contributed by atoms with E-state index < -0.39 is 6.04 Å². The fraction of sp³-hybridized carbons (Fsp3) is 0.444. The number of carbonyl (C=O) groups excluding carboxylic acids is 1. The number of aromatic amines is 1. The average molecular weight is 330 g/mol. The molecular weight excluding hydrogens is 304 g/mol. The third-order valence-corrected chi connectivity index (χ3v) is 3.93. The lowest BCUT2D eigenvalue weighted by molar-refractivity contribution is 0.214. The van der Waals surface area contributed by atoms with Crippen LogP contribution in [0.2, 0.25) is 0 Å². The molecule has 1 aromatic carbocycles. The molecule has 2 unspecified atom stereocenters. The minimum Gasteiger partial charge on any atom is -0.394 e. The van der Waals surface area contributed by atoms with Gasteiger partial charge in [-0.3, -0.25) is 5.10 Å². The van der Waals surface area contributed by atoms with E-state index in [1.165, 1.54) is 5.56 Å². The molecule has 0 aliphatic heterocycles. The second kappa shape index (κ2) is 8.49. The molecule has 0 saturated heterocycles. The van der Waals surface area contributed by atoms with Gasteiger partial charge in [0.2, 0.25) is 0 Å². The van der Waals surface area contributed by atoms with Gasteiger partial charge in [0, 0.05) is 18.2 Å². The van der Waals surface area contributed by atoms with Crippen LogP contribution in [-0.4, -0.2) is 34.0 Å². The summed E-state index contributed by atoms with van der Waals surface area (Å²) in [5.74, 6) is 0. The fourth-order valence-corrected chi connectivity index (χ4v) is 2.59. The molecular formula is C18H26N4O2. The first-order valence-corrected chi connectivity index (χ1v) is 8.29. The lowest BCUT2D eigenvalue weighted by Crippen LogP contribution is -2.44. The zero-order valence-corrected chi connectivity index (χ0v) is 14.5. The van der Waals surface area contributed by atoms with Gasteiger partial charge in [-0.25, -0.2) is 4.79 Å². The molecule has 0 aliphatic rings. The second-order valence-corrected chi connectivity index (χ2v) is 6.10. The highest BCUT2D eigenvalue weighted by Gasteiger charge is 2.15. The zero-order chi connectivity index (χ0) is 17.5. The molecule has 0 fully saturated rings. The molecule has 0 aliphatic carbocycles. The molecule has 2 atom stereocenters. The summed E-state index contributed by atoms with van der Waals surface area (Å²) in [6, 6.07) is 9.09. The Morgan fingerprint density at radius 1 is 1.29 bits per heavy atom. The van der Waals surface area contributed by atoms with E-state index in [0.29, 0.717) is 6.42 Å². The number of aliphatic hydroxyl groups excluding tert-OH is 1. The zero-order valence-electron chi connectivity index (χ0n) is 14.5. The van der Waals surface area contributed by atoms with Gasteiger partial charge in [0.05, 0.1) is 18.3 Å². The molecule has 0 bridgehead atoms. The number of amides is 2. The second-order valence-electron chi connectivity index (χ2n) is 6.10. The Balaban J connectivity index is 1.88. The van der Waals surface area contributed by atoms with Crippen molar-refractivity contribution in [1.82, 2.24) is 20.8 Å². The standard InChI is InChI=1S/C18H26N4O2/c1-4-14-5-7-15(8-6-14)17(11-23)20-18(24)19-12(2)9-16-10-13(3)21-22-16/h5-8,10,12,17,23H,4,9,11H2,1-3H3,(H,21,22)(H2,19,20,24). The van der Waals surface area contributed by atoms with Gasteiger partial charge in [-0.2, -0.15) is 5.10 Å².